The highest BCUT2D eigenvalue weighted by molar-refractivity contribution is 5.69. The highest BCUT2D eigenvalue weighted by atomic mass is 16.5. The van der Waals surface area contributed by atoms with Gasteiger partial charge in [-0.3, -0.25) is 4.79 Å². The van der Waals surface area contributed by atoms with E-state index in [1.54, 1.807) is 6.26 Å². The predicted octanol–water partition coefficient (Wildman–Crippen LogP) is 4.38. The molecule has 0 radical (unpaired) electrons. The van der Waals surface area contributed by atoms with Crippen LogP contribution in [0.1, 0.15) is 65.2 Å². The Labute approximate surface area is 111 Å². The third-order valence-corrected chi connectivity index (χ3v) is 3.07. The lowest BCUT2D eigenvalue weighted by molar-refractivity contribution is -0.142. The zero-order chi connectivity index (χ0) is 13.6. The molecule has 106 valence electrons. The summed E-state index contributed by atoms with van der Waals surface area (Å²) in [6, 6.07) is 0. The fourth-order valence-corrected chi connectivity index (χ4v) is 1.94. The van der Waals surface area contributed by atoms with E-state index in [0.29, 0.717) is 13.0 Å². The summed E-state index contributed by atoms with van der Waals surface area (Å²) in [4.78, 5) is 11.1. The highest BCUT2D eigenvalue weighted by Crippen LogP contribution is 2.15. The molecule has 0 saturated heterocycles. The number of unbranched alkanes of at least 4 members (excludes halogenated alkanes) is 5. The number of hydrogen-bond acceptors (Lipinski definition) is 2. The topological polar surface area (TPSA) is 46.5 Å². The van der Waals surface area contributed by atoms with Crippen molar-refractivity contribution in [3.63, 3.8) is 0 Å². The van der Waals surface area contributed by atoms with Crippen molar-refractivity contribution in [2.24, 2.45) is 5.92 Å². The van der Waals surface area contributed by atoms with Crippen molar-refractivity contribution in [1.29, 1.82) is 0 Å². The molecule has 3 nitrogen and oxygen atoms in total. The first kappa shape index (κ1) is 17.0. The minimum Gasteiger partial charge on any atom is -0.502 e. The molecule has 1 atom stereocenters. The van der Waals surface area contributed by atoms with Crippen molar-refractivity contribution in [2.75, 3.05) is 6.61 Å². The SMILES string of the molecule is CC=COCCC(CCCCCCCC)C(=O)O. The summed E-state index contributed by atoms with van der Waals surface area (Å²) in [7, 11) is 0. The molecule has 0 amide bonds. The molecule has 0 aromatic carbocycles. The molecule has 1 unspecified atom stereocenters. The van der Waals surface area contributed by atoms with Crippen molar-refractivity contribution in [3.05, 3.63) is 12.3 Å². The number of hydrogen-bond donors (Lipinski definition) is 1. The molecule has 0 aromatic heterocycles. The Morgan fingerprint density at radius 2 is 1.83 bits per heavy atom. The Morgan fingerprint density at radius 3 is 2.44 bits per heavy atom. The van der Waals surface area contributed by atoms with Crippen LogP contribution in [0, 0.1) is 5.92 Å². The van der Waals surface area contributed by atoms with Crippen LogP contribution >= 0.6 is 0 Å². The van der Waals surface area contributed by atoms with Gasteiger partial charge in [0.15, 0.2) is 0 Å². The molecule has 0 saturated carbocycles. The first-order valence-electron chi connectivity index (χ1n) is 7.18. The van der Waals surface area contributed by atoms with Crippen LogP contribution in [0.3, 0.4) is 0 Å². The van der Waals surface area contributed by atoms with Gasteiger partial charge in [0, 0.05) is 0 Å². The molecule has 0 fully saturated rings. The van der Waals surface area contributed by atoms with E-state index in [2.05, 4.69) is 6.92 Å². The Bertz CT molecular complexity index is 224. The van der Waals surface area contributed by atoms with Gasteiger partial charge in [0.05, 0.1) is 18.8 Å². The molecule has 0 aliphatic heterocycles. The smallest absolute Gasteiger partial charge is 0.306 e. The van der Waals surface area contributed by atoms with Crippen LogP contribution in [0.5, 0.6) is 0 Å². The molecule has 1 N–H and O–H groups in total. The molecule has 0 heterocycles. The summed E-state index contributed by atoms with van der Waals surface area (Å²) in [5.41, 5.74) is 0. The molecular weight excluding hydrogens is 228 g/mol. The van der Waals surface area contributed by atoms with Gasteiger partial charge >= 0.3 is 5.97 Å². The number of carboxylic acid groups (broad SMARTS) is 1. The summed E-state index contributed by atoms with van der Waals surface area (Å²) >= 11 is 0. The van der Waals surface area contributed by atoms with Gasteiger partial charge in [0.1, 0.15) is 0 Å². The van der Waals surface area contributed by atoms with Gasteiger partial charge in [-0.15, -0.1) is 0 Å². The Hall–Kier alpha value is -0.990. The molecule has 0 bridgehead atoms. The first-order chi connectivity index (χ1) is 8.72. The Balaban J connectivity index is 3.60. The van der Waals surface area contributed by atoms with Gasteiger partial charge in [0.25, 0.3) is 0 Å². The second-order valence-corrected chi connectivity index (χ2v) is 4.72. The van der Waals surface area contributed by atoms with Crippen LogP contribution in [0.4, 0.5) is 0 Å². The predicted molar refractivity (Wildman–Crippen MR) is 74.5 cm³/mol. The van der Waals surface area contributed by atoms with Crippen molar-refractivity contribution in [2.45, 2.75) is 65.2 Å². The molecule has 0 aromatic rings. The van der Waals surface area contributed by atoms with E-state index in [1.165, 1.54) is 25.7 Å². The monoisotopic (exact) mass is 256 g/mol. The van der Waals surface area contributed by atoms with E-state index < -0.39 is 5.97 Å². The van der Waals surface area contributed by atoms with Gasteiger partial charge in [-0.1, -0.05) is 51.5 Å². The second kappa shape index (κ2) is 12.5. The largest absolute Gasteiger partial charge is 0.502 e. The first-order valence-corrected chi connectivity index (χ1v) is 7.18. The Kier molecular flexibility index (Phi) is 11.8. The number of ether oxygens (including phenoxy) is 1. The van der Waals surface area contributed by atoms with E-state index >= 15 is 0 Å². The lowest BCUT2D eigenvalue weighted by Gasteiger charge is -2.11. The van der Waals surface area contributed by atoms with Gasteiger partial charge in [-0.25, -0.2) is 0 Å². The normalized spacial score (nSPS) is 12.8. The summed E-state index contributed by atoms with van der Waals surface area (Å²) in [6.45, 7) is 4.58. The quantitative estimate of drug-likeness (QED) is 0.416. The zero-order valence-electron chi connectivity index (χ0n) is 11.9. The van der Waals surface area contributed by atoms with Crippen LogP contribution in [0.15, 0.2) is 12.3 Å². The van der Waals surface area contributed by atoms with Crippen LogP contribution in [-0.2, 0) is 9.53 Å². The molecular formula is C15H28O3. The summed E-state index contributed by atoms with van der Waals surface area (Å²) in [5, 5.41) is 9.10. The van der Waals surface area contributed by atoms with Gasteiger partial charge in [-0.2, -0.15) is 0 Å². The van der Waals surface area contributed by atoms with Crippen molar-refractivity contribution in [1.82, 2.24) is 0 Å². The van der Waals surface area contributed by atoms with Crippen molar-refractivity contribution < 1.29 is 14.6 Å². The fraction of sp³-hybridized carbons (Fsp3) is 0.800. The molecule has 0 rings (SSSR count). The van der Waals surface area contributed by atoms with Gasteiger partial charge in [0.2, 0.25) is 0 Å². The molecule has 0 spiro atoms. The van der Waals surface area contributed by atoms with Crippen molar-refractivity contribution >= 4 is 5.97 Å². The number of aliphatic carboxylic acids is 1. The molecule has 0 aliphatic carbocycles. The van der Waals surface area contributed by atoms with Crippen molar-refractivity contribution in [3.8, 4) is 0 Å². The minimum absolute atomic E-state index is 0.249. The fourth-order valence-electron chi connectivity index (χ4n) is 1.94. The number of rotatable bonds is 12. The Morgan fingerprint density at radius 1 is 1.17 bits per heavy atom. The van der Waals surface area contributed by atoms with Gasteiger partial charge < -0.3 is 9.84 Å². The number of carbonyl (C=O) groups is 1. The van der Waals surface area contributed by atoms with Crippen LogP contribution < -0.4 is 0 Å². The average molecular weight is 256 g/mol. The highest BCUT2D eigenvalue weighted by Gasteiger charge is 2.16. The second-order valence-electron chi connectivity index (χ2n) is 4.72. The van der Waals surface area contributed by atoms with E-state index in [4.69, 9.17) is 9.84 Å². The summed E-state index contributed by atoms with van der Waals surface area (Å²) < 4.78 is 5.18. The maximum atomic E-state index is 11.1. The lowest BCUT2D eigenvalue weighted by atomic mass is 9.97. The van der Waals surface area contributed by atoms with Crippen LogP contribution in [-0.4, -0.2) is 17.7 Å². The molecule has 0 aliphatic rings. The minimum atomic E-state index is -0.687. The van der Waals surface area contributed by atoms with E-state index in [1.807, 2.05) is 13.0 Å². The van der Waals surface area contributed by atoms with E-state index in [9.17, 15) is 4.79 Å². The number of carboxylic acids is 1. The standard InChI is InChI=1S/C15H28O3/c1-3-5-6-7-8-9-10-14(15(16)17)11-13-18-12-4-2/h4,12,14H,3,5-11,13H2,1-2H3,(H,16,17). The van der Waals surface area contributed by atoms with Crippen LogP contribution in [0.2, 0.25) is 0 Å². The molecule has 3 heteroatoms. The lowest BCUT2D eigenvalue weighted by Crippen LogP contribution is -2.15. The van der Waals surface area contributed by atoms with E-state index in [-0.39, 0.29) is 5.92 Å². The summed E-state index contributed by atoms with van der Waals surface area (Å²) in [6.07, 6.45) is 12.0. The summed E-state index contributed by atoms with van der Waals surface area (Å²) in [5.74, 6) is -0.936. The van der Waals surface area contributed by atoms with E-state index in [0.717, 1.165) is 19.3 Å². The number of allylic oxidation sites excluding steroid dienone is 1. The maximum Gasteiger partial charge on any atom is 0.306 e. The van der Waals surface area contributed by atoms with Crippen LogP contribution in [0.25, 0.3) is 0 Å². The average Bonchev–Trinajstić information content (AvgIpc) is 2.35. The van der Waals surface area contributed by atoms with Gasteiger partial charge in [-0.05, 0) is 19.8 Å². The third kappa shape index (κ3) is 10.2. The third-order valence-electron chi connectivity index (χ3n) is 3.07. The molecule has 18 heavy (non-hydrogen) atoms. The zero-order valence-corrected chi connectivity index (χ0v) is 11.9. The maximum absolute atomic E-state index is 11.1.